The Morgan fingerprint density at radius 2 is 1.73 bits per heavy atom. The molecule has 3 rings (SSSR count). The topological polar surface area (TPSA) is 12.9 Å². The van der Waals surface area contributed by atoms with E-state index < -0.39 is 0 Å². The number of thiazole rings is 1. The summed E-state index contributed by atoms with van der Waals surface area (Å²) in [5, 5.41) is 0. The predicted octanol–water partition coefficient (Wildman–Crippen LogP) is 3.96. The molecule has 0 atom stereocenters. The van der Waals surface area contributed by atoms with Crippen molar-refractivity contribution in [2.75, 3.05) is 0 Å². The average Bonchev–Trinajstić information content (AvgIpc) is 2.77. The first-order valence-electron chi connectivity index (χ1n) is 4.82. The molecule has 0 aliphatic carbocycles. The highest BCUT2D eigenvalue weighted by atomic mass is 32.1. The summed E-state index contributed by atoms with van der Waals surface area (Å²) < 4.78 is 1.25. The lowest BCUT2D eigenvalue weighted by atomic mass is 10.1. The van der Waals surface area contributed by atoms with Crippen LogP contribution < -0.4 is 0 Å². The van der Waals surface area contributed by atoms with E-state index in [0.717, 1.165) is 5.52 Å². The summed E-state index contributed by atoms with van der Waals surface area (Å²) in [7, 11) is 0. The SMILES string of the molecule is c1ccc(-c2ccc3ncsc3c2)cc1. The zero-order chi connectivity index (χ0) is 10.1. The normalized spacial score (nSPS) is 10.7. The number of aromatic nitrogens is 1. The van der Waals surface area contributed by atoms with Crippen LogP contribution >= 0.6 is 11.3 Å². The molecule has 0 bridgehead atoms. The van der Waals surface area contributed by atoms with Crippen molar-refractivity contribution in [3.05, 3.63) is 54.0 Å². The van der Waals surface area contributed by atoms with E-state index in [9.17, 15) is 0 Å². The number of benzene rings is 2. The van der Waals surface area contributed by atoms with Crippen molar-refractivity contribution in [2.45, 2.75) is 0 Å². The minimum atomic E-state index is 1.08. The van der Waals surface area contributed by atoms with Gasteiger partial charge in [0.25, 0.3) is 0 Å². The molecule has 72 valence electrons. The average molecular weight is 211 g/mol. The van der Waals surface area contributed by atoms with Gasteiger partial charge in [-0.1, -0.05) is 36.4 Å². The van der Waals surface area contributed by atoms with Gasteiger partial charge < -0.3 is 0 Å². The van der Waals surface area contributed by atoms with Crippen LogP contribution in [-0.4, -0.2) is 4.98 Å². The maximum absolute atomic E-state index is 4.27. The zero-order valence-electron chi connectivity index (χ0n) is 8.05. The molecule has 0 saturated carbocycles. The quantitative estimate of drug-likeness (QED) is 0.593. The van der Waals surface area contributed by atoms with Gasteiger partial charge in [0.05, 0.1) is 15.7 Å². The van der Waals surface area contributed by atoms with E-state index in [0.29, 0.717) is 0 Å². The standard InChI is InChI=1S/C13H9NS/c1-2-4-10(5-3-1)11-6-7-12-13(8-11)15-9-14-12/h1-9H. The molecule has 3 aromatic rings. The Morgan fingerprint density at radius 1 is 0.867 bits per heavy atom. The highest BCUT2D eigenvalue weighted by Gasteiger charge is 2.00. The van der Waals surface area contributed by atoms with Crippen molar-refractivity contribution in [3.63, 3.8) is 0 Å². The van der Waals surface area contributed by atoms with Crippen LogP contribution in [0.3, 0.4) is 0 Å². The third-order valence-corrected chi connectivity index (χ3v) is 3.23. The van der Waals surface area contributed by atoms with E-state index in [-0.39, 0.29) is 0 Å². The van der Waals surface area contributed by atoms with E-state index in [2.05, 4.69) is 47.4 Å². The molecule has 0 spiro atoms. The molecule has 1 aromatic heterocycles. The van der Waals surface area contributed by atoms with Crippen molar-refractivity contribution >= 4 is 21.6 Å². The van der Waals surface area contributed by atoms with E-state index >= 15 is 0 Å². The first-order valence-corrected chi connectivity index (χ1v) is 5.70. The number of hydrogen-bond donors (Lipinski definition) is 0. The van der Waals surface area contributed by atoms with Crippen LogP contribution in [0.1, 0.15) is 0 Å². The van der Waals surface area contributed by atoms with E-state index in [4.69, 9.17) is 0 Å². The third-order valence-electron chi connectivity index (χ3n) is 2.44. The van der Waals surface area contributed by atoms with Crippen LogP contribution in [0, 0.1) is 0 Å². The first-order chi connectivity index (χ1) is 7.43. The smallest absolute Gasteiger partial charge is 0.0812 e. The monoisotopic (exact) mass is 211 g/mol. The molecule has 0 saturated heterocycles. The molecule has 0 fully saturated rings. The summed E-state index contributed by atoms with van der Waals surface area (Å²) in [5.41, 5.74) is 5.49. The zero-order valence-corrected chi connectivity index (χ0v) is 8.87. The Bertz CT molecular complexity index is 584. The summed E-state index contributed by atoms with van der Waals surface area (Å²) in [4.78, 5) is 4.27. The van der Waals surface area contributed by atoms with Crippen molar-refractivity contribution in [2.24, 2.45) is 0 Å². The van der Waals surface area contributed by atoms with Crippen LogP contribution in [-0.2, 0) is 0 Å². The maximum atomic E-state index is 4.27. The predicted molar refractivity (Wildman–Crippen MR) is 65.1 cm³/mol. The van der Waals surface area contributed by atoms with E-state index in [1.54, 1.807) is 11.3 Å². The van der Waals surface area contributed by atoms with E-state index in [1.807, 2.05) is 11.6 Å². The minimum Gasteiger partial charge on any atom is -0.245 e. The molecule has 0 N–H and O–H groups in total. The fourth-order valence-corrected chi connectivity index (χ4v) is 2.38. The summed E-state index contributed by atoms with van der Waals surface area (Å²) in [5.74, 6) is 0. The second-order valence-corrected chi connectivity index (χ2v) is 4.29. The van der Waals surface area contributed by atoms with Crippen LogP contribution in [0.15, 0.2) is 54.0 Å². The largest absolute Gasteiger partial charge is 0.245 e. The molecule has 15 heavy (non-hydrogen) atoms. The molecular formula is C13H9NS. The van der Waals surface area contributed by atoms with Crippen molar-refractivity contribution in [3.8, 4) is 11.1 Å². The van der Waals surface area contributed by atoms with Gasteiger partial charge in [-0.2, -0.15) is 0 Å². The lowest BCUT2D eigenvalue weighted by molar-refractivity contribution is 1.50. The van der Waals surface area contributed by atoms with Gasteiger partial charge in [0.15, 0.2) is 0 Å². The maximum Gasteiger partial charge on any atom is 0.0812 e. The summed E-state index contributed by atoms with van der Waals surface area (Å²) in [6.45, 7) is 0. The Labute approximate surface area is 92.0 Å². The molecule has 0 radical (unpaired) electrons. The van der Waals surface area contributed by atoms with Gasteiger partial charge in [0.1, 0.15) is 0 Å². The number of fused-ring (bicyclic) bond motifs is 1. The fourth-order valence-electron chi connectivity index (χ4n) is 1.67. The molecule has 2 aromatic carbocycles. The van der Waals surface area contributed by atoms with Crippen molar-refractivity contribution in [1.29, 1.82) is 0 Å². The molecule has 1 heterocycles. The Hall–Kier alpha value is -1.67. The fraction of sp³-hybridized carbons (Fsp3) is 0. The Kier molecular flexibility index (Phi) is 2.00. The molecule has 0 amide bonds. The van der Waals surface area contributed by atoms with Gasteiger partial charge in [0, 0.05) is 0 Å². The number of rotatable bonds is 1. The van der Waals surface area contributed by atoms with Crippen molar-refractivity contribution in [1.82, 2.24) is 4.98 Å². The van der Waals surface area contributed by atoms with Crippen LogP contribution in [0.2, 0.25) is 0 Å². The van der Waals surface area contributed by atoms with Gasteiger partial charge >= 0.3 is 0 Å². The van der Waals surface area contributed by atoms with Gasteiger partial charge in [0.2, 0.25) is 0 Å². The van der Waals surface area contributed by atoms with Gasteiger partial charge in [-0.25, -0.2) is 4.98 Å². The molecule has 0 unspecified atom stereocenters. The van der Waals surface area contributed by atoms with Crippen LogP contribution in [0.25, 0.3) is 21.3 Å². The lowest BCUT2D eigenvalue weighted by Gasteiger charge is -2.00. The first kappa shape index (κ1) is 8.62. The molecule has 2 heteroatoms. The Morgan fingerprint density at radius 3 is 2.60 bits per heavy atom. The van der Waals surface area contributed by atoms with E-state index in [1.165, 1.54) is 15.8 Å². The summed E-state index contributed by atoms with van der Waals surface area (Å²) >= 11 is 1.69. The van der Waals surface area contributed by atoms with Gasteiger partial charge in [-0.05, 0) is 23.3 Å². The lowest BCUT2D eigenvalue weighted by Crippen LogP contribution is -1.76. The minimum absolute atomic E-state index is 1.08. The second kappa shape index (κ2) is 3.48. The van der Waals surface area contributed by atoms with Gasteiger partial charge in [-0.15, -0.1) is 11.3 Å². The highest BCUT2D eigenvalue weighted by Crippen LogP contribution is 2.25. The molecule has 1 nitrogen and oxygen atoms in total. The molecular weight excluding hydrogens is 202 g/mol. The summed E-state index contributed by atoms with van der Waals surface area (Å²) in [6.07, 6.45) is 0. The van der Waals surface area contributed by atoms with Crippen LogP contribution in [0.4, 0.5) is 0 Å². The van der Waals surface area contributed by atoms with Crippen LogP contribution in [0.5, 0.6) is 0 Å². The highest BCUT2D eigenvalue weighted by molar-refractivity contribution is 7.16. The number of nitrogens with zero attached hydrogens (tertiary/aromatic N) is 1. The second-order valence-electron chi connectivity index (χ2n) is 3.40. The molecule has 0 aliphatic heterocycles. The van der Waals surface area contributed by atoms with Gasteiger partial charge in [-0.3, -0.25) is 0 Å². The summed E-state index contributed by atoms with van der Waals surface area (Å²) in [6, 6.07) is 16.8. The van der Waals surface area contributed by atoms with Crippen molar-refractivity contribution < 1.29 is 0 Å². The number of hydrogen-bond acceptors (Lipinski definition) is 2. The third kappa shape index (κ3) is 1.53. The molecule has 0 aliphatic rings. The Balaban J connectivity index is 2.19.